The second kappa shape index (κ2) is 9.18. The second-order valence-electron chi connectivity index (χ2n) is 7.03. The molecule has 1 aliphatic heterocycles. The summed E-state index contributed by atoms with van der Waals surface area (Å²) in [7, 11) is 0. The van der Waals surface area contributed by atoms with Gasteiger partial charge in [-0.1, -0.05) is 23.7 Å². The van der Waals surface area contributed by atoms with Crippen molar-refractivity contribution in [2.45, 2.75) is 45.9 Å². The highest BCUT2D eigenvalue weighted by molar-refractivity contribution is 6.33. The molecule has 2 aromatic rings. The molecule has 154 valence electrons. The van der Waals surface area contributed by atoms with Gasteiger partial charge in [-0.15, -0.1) is 0 Å². The van der Waals surface area contributed by atoms with Crippen LogP contribution >= 0.6 is 11.6 Å². The molecule has 0 aromatic heterocycles. The van der Waals surface area contributed by atoms with Crippen LogP contribution in [0.15, 0.2) is 36.4 Å². The number of hydrogen-bond donors (Lipinski definition) is 2. The van der Waals surface area contributed by atoms with Gasteiger partial charge in [0.2, 0.25) is 5.91 Å². The van der Waals surface area contributed by atoms with Crippen molar-refractivity contribution >= 4 is 23.4 Å². The standard InChI is InChI=1S/C22H25ClN2O4/c1-4-28-19-10-15-9-13(2)29-20(15)11-16(19)12-24-21(26)14(3)25-22(27)17-7-5-6-8-18(17)23/h5-8,10-11,13-14H,4,9,12H2,1-3H3,(H,24,26)(H,25,27)/t13?,14-/m0/s1. The van der Waals surface area contributed by atoms with E-state index in [2.05, 4.69) is 10.6 Å². The quantitative estimate of drug-likeness (QED) is 0.724. The first-order valence-corrected chi connectivity index (χ1v) is 10.0. The molecule has 2 atom stereocenters. The molecule has 6 nitrogen and oxygen atoms in total. The molecule has 0 spiro atoms. The third-order valence-corrected chi connectivity index (χ3v) is 5.02. The fraction of sp³-hybridized carbons (Fsp3) is 0.364. The molecule has 3 rings (SSSR count). The van der Waals surface area contributed by atoms with Crippen LogP contribution in [-0.2, 0) is 17.8 Å². The first kappa shape index (κ1) is 21.0. The molecule has 1 heterocycles. The summed E-state index contributed by atoms with van der Waals surface area (Å²) in [5.74, 6) is 0.859. The van der Waals surface area contributed by atoms with Crippen molar-refractivity contribution in [3.05, 3.63) is 58.1 Å². The van der Waals surface area contributed by atoms with Crippen LogP contribution < -0.4 is 20.1 Å². The molecule has 0 saturated heterocycles. The van der Waals surface area contributed by atoms with Crippen LogP contribution in [0.3, 0.4) is 0 Å². The molecular weight excluding hydrogens is 392 g/mol. The van der Waals surface area contributed by atoms with E-state index in [9.17, 15) is 9.59 Å². The summed E-state index contributed by atoms with van der Waals surface area (Å²) in [5, 5.41) is 5.86. The van der Waals surface area contributed by atoms with E-state index in [1.54, 1.807) is 31.2 Å². The fourth-order valence-electron chi connectivity index (χ4n) is 3.23. The maximum absolute atomic E-state index is 12.5. The smallest absolute Gasteiger partial charge is 0.253 e. The topological polar surface area (TPSA) is 76.7 Å². The number of halogens is 1. The maximum atomic E-state index is 12.5. The Hall–Kier alpha value is -2.73. The summed E-state index contributed by atoms with van der Waals surface area (Å²) >= 11 is 6.04. The summed E-state index contributed by atoms with van der Waals surface area (Å²) in [6.45, 7) is 6.36. The van der Waals surface area contributed by atoms with Gasteiger partial charge in [0, 0.05) is 24.1 Å². The van der Waals surface area contributed by atoms with Gasteiger partial charge in [-0.2, -0.15) is 0 Å². The van der Waals surface area contributed by atoms with Crippen LogP contribution in [0.4, 0.5) is 0 Å². The predicted octanol–water partition coefficient (Wildman–Crippen LogP) is 3.50. The average Bonchev–Trinajstić information content (AvgIpc) is 3.05. The van der Waals surface area contributed by atoms with Gasteiger partial charge in [0.05, 0.1) is 17.2 Å². The van der Waals surface area contributed by atoms with E-state index in [1.807, 2.05) is 26.0 Å². The highest BCUT2D eigenvalue weighted by Crippen LogP contribution is 2.35. The van der Waals surface area contributed by atoms with Crippen molar-refractivity contribution < 1.29 is 19.1 Å². The summed E-state index contributed by atoms with van der Waals surface area (Å²) in [6.07, 6.45) is 0.969. The Kier molecular flexibility index (Phi) is 6.64. The van der Waals surface area contributed by atoms with Crippen LogP contribution in [0.2, 0.25) is 5.02 Å². The number of nitrogens with one attached hydrogen (secondary N) is 2. The van der Waals surface area contributed by atoms with Gasteiger partial charge < -0.3 is 20.1 Å². The lowest BCUT2D eigenvalue weighted by Gasteiger charge is -2.17. The lowest BCUT2D eigenvalue weighted by molar-refractivity contribution is -0.122. The number of benzene rings is 2. The summed E-state index contributed by atoms with van der Waals surface area (Å²) in [4.78, 5) is 24.8. The highest BCUT2D eigenvalue weighted by atomic mass is 35.5. The van der Waals surface area contributed by atoms with E-state index in [-0.39, 0.29) is 18.6 Å². The number of amides is 2. The number of carbonyl (C=O) groups excluding carboxylic acids is 2. The molecule has 7 heteroatoms. The number of rotatable bonds is 7. The molecule has 2 N–H and O–H groups in total. The van der Waals surface area contributed by atoms with Crippen LogP contribution in [-0.4, -0.2) is 30.6 Å². The number of carbonyl (C=O) groups is 2. The lowest BCUT2D eigenvalue weighted by atomic mass is 10.1. The van der Waals surface area contributed by atoms with Crippen LogP contribution in [0, 0.1) is 0 Å². The number of fused-ring (bicyclic) bond motifs is 1. The number of ether oxygens (including phenoxy) is 2. The second-order valence-corrected chi connectivity index (χ2v) is 7.43. The number of hydrogen-bond acceptors (Lipinski definition) is 4. The van der Waals surface area contributed by atoms with Gasteiger partial charge in [-0.05, 0) is 45.0 Å². The van der Waals surface area contributed by atoms with E-state index in [4.69, 9.17) is 21.1 Å². The fourth-order valence-corrected chi connectivity index (χ4v) is 3.45. The Balaban J connectivity index is 1.63. The Labute approximate surface area is 175 Å². The molecule has 29 heavy (non-hydrogen) atoms. The average molecular weight is 417 g/mol. The van der Waals surface area contributed by atoms with E-state index >= 15 is 0 Å². The summed E-state index contributed by atoms with van der Waals surface area (Å²) in [5.41, 5.74) is 2.27. The van der Waals surface area contributed by atoms with E-state index in [1.165, 1.54) is 0 Å². The molecule has 2 amide bonds. The van der Waals surface area contributed by atoms with Gasteiger partial charge in [0.1, 0.15) is 23.6 Å². The summed E-state index contributed by atoms with van der Waals surface area (Å²) in [6, 6.07) is 9.88. The zero-order valence-electron chi connectivity index (χ0n) is 16.8. The minimum atomic E-state index is -0.722. The van der Waals surface area contributed by atoms with Crippen molar-refractivity contribution in [1.29, 1.82) is 0 Å². The highest BCUT2D eigenvalue weighted by Gasteiger charge is 2.23. The molecule has 0 saturated carbocycles. The molecular formula is C22H25ClN2O4. The van der Waals surface area contributed by atoms with E-state index < -0.39 is 11.9 Å². The van der Waals surface area contributed by atoms with Gasteiger partial charge in [0.25, 0.3) is 5.91 Å². The Morgan fingerprint density at radius 1 is 1.31 bits per heavy atom. The molecule has 0 radical (unpaired) electrons. The van der Waals surface area contributed by atoms with E-state index in [0.717, 1.165) is 29.0 Å². The first-order chi connectivity index (χ1) is 13.9. The van der Waals surface area contributed by atoms with Gasteiger partial charge >= 0.3 is 0 Å². The normalized spacial score (nSPS) is 15.8. The van der Waals surface area contributed by atoms with Gasteiger partial charge in [-0.3, -0.25) is 9.59 Å². The van der Waals surface area contributed by atoms with Crippen molar-refractivity contribution in [1.82, 2.24) is 10.6 Å². The molecule has 1 aliphatic rings. The summed E-state index contributed by atoms with van der Waals surface area (Å²) < 4.78 is 11.5. The molecule has 0 aliphatic carbocycles. The lowest BCUT2D eigenvalue weighted by Crippen LogP contribution is -2.44. The minimum Gasteiger partial charge on any atom is -0.494 e. The van der Waals surface area contributed by atoms with Gasteiger partial charge in [-0.25, -0.2) is 0 Å². The Morgan fingerprint density at radius 2 is 2.07 bits per heavy atom. The largest absolute Gasteiger partial charge is 0.494 e. The molecule has 0 fully saturated rings. The third-order valence-electron chi connectivity index (χ3n) is 4.69. The molecule has 2 aromatic carbocycles. The van der Waals surface area contributed by atoms with Crippen molar-refractivity contribution in [3.8, 4) is 11.5 Å². The first-order valence-electron chi connectivity index (χ1n) is 9.67. The van der Waals surface area contributed by atoms with Crippen molar-refractivity contribution in [2.75, 3.05) is 6.61 Å². The zero-order chi connectivity index (χ0) is 21.0. The van der Waals surface area contributed by atoms with Crippen LogP contribution in [0.25, 0.3) is 0 Å². The monoisotopic (exact) mass is 416 g/mol. The van der Waals surface area contributed by atoms with Crippen molar-refractivity contribution in [2.24, 2.45) is 0 Å². The molecule has 1 unspecified atom stereocenters. The Morgan fingerprint density at radius 3 is 2.79 bits per heavy atom. The third kappa shape index (κ3) is 5.01. The van der Waals surface area contributed by atoms with E-state index in [0.29, 0.717) is 17.2 Å². The van der Waals surface area contributed by atoms with Crippen LogP contribution in [0.5, 0.6) is 11.5 Å². The predicted molar refractivity (Wildman–Crippen MR) is 112 cm³/mol. The van der Waals surface area contributed by atoms with Crippen LogP contribution in [0.1, 0.15) is 42.3 Å². The Bertz CT molecular complexity index is 916. The SMILES string of the molecule is CCOc1cc2c(cc1CNC(=O)[C@H](C)NC(=O)c1ccccc1Cl)OC(C)C2. The van der Waals surface area contributed by atoms with Gasteiger partial charge in [0.15, 0.2) is 0 Å². The maximum Gasteiger partial charge on any atom is 0.253 e. The minimum absolute atomic E-state index is 0.129. The van der Waals surface area contributed by atoms with Crippen molar-refractivity contribution in [3.63, 3.8) is 0 Å². The zero-order valence-corrected chi connectivity index (χ0v) is 17.5. The molecule has 0 bridgehead atoms.